The largest absolute Gasteiger partial charge is 0.433 e. The van der Waals surface area contributed by atoms with Crippen LogP contribution in [-0.4, -0.2) is 9.97 Å². The van der Waals surface area contributed by atoms with Gasteiger partial charge in [-0.05, 0) is 42.2 Å². The molecule has 3 nitrogen and oxygen atoms in total. The van der Waals surface area contributed by atoms with E-state index in [1.807, 2.05) is 0 Å². The van der Waals surface area contributed by atoms with Crippen LogP contribution in [0.4, 0.5) is 13.2 Å². The molecule has 0 saturated heterocycles. The number of alkyl halides is 3. The summed E-state index contributed by atoms with van der Waals surface area (Å²) in [7, 11) is 0. The lowest BCUT2D eigenvalue weighted by Gasteiger charge is -2.09. The van der Waals surface area contributed by atoms with Crippen molar-refractivity contribution in [2.24, 2.45) is 5.73 Å². The van der Waals surface area contributed by atoms with Gasteiger partial charge in [0.05, 0.1) is 5.69 Å². The average Bonchev–Trinajstić information content (AvgIpc) is 2.79. The first-order chi connectivity index (χ1) is 9.45. The Morgan fingerprint density at radius 2 is 2.00 bits per heavy atom. The molecule has 0 fully saturated rings. The molecule has 2 aromatic heterocycles. The van der Waals surface area contributed by atoms with Crippen molar-refractivity contribution >= 4 is 0 Å². The Labute approximate surface area is 113 Å². The smallest absolute Gasteiger partial charge is 0.324 e. The van der Waals surface area contributed by atoms with E-state index in [-0.39, 0.29) is 6.04 Å². The van der Waals surface area contributed by atoms with Crippen LogP contribution in [0.5, 0.6) is 0 Å². The maximum Gasteiger partial charge on any atom is 0.433 e. The highest BCUT2D eigenvalue weighted by Crippen LogP contribution is 2.33. The normalized spacial score (nSPS) is 18.1. The summed E-state index contributed by atoms with van der Waals surface area (Å²) in [6.07, 6.45) is 0.111. The zero-order valence-corrected chi connectivity index (χ0v) is 10.5. The number of hydrogen-bond donors (Lipinski definition) is 1. The molecule has 1 unspecified atom stereocenters. The van der Waals surface area contributed by atoms with Crippen molar-refractivity contribution in [3.8, 4) is 11.3 Å². The minimum absolute atomic E-state index is 0.0596. The first-order valence-corrected chi connectivity index (χ1v) is 6.23. The molecular formula is C14H12F3N3. The summed E-state index contributed by atoms with van der Waals surface area (Å²) < 4.78 is 38.0. The van der Waals surface area contributed by atoms with E-state index in [0.29, 0.717) is 11.3 Å². The van der Waals surface area contributed by atoms with Gasteiger partial charge in [0.1, 0.15) is 5.69 Å². The second-order valence-corrected chi connectivity index (χ2v) is 4.84. The first-order valence-electron chi connectivity index (χ1n) is 6.23. The predicted octanol–water partition coefficient (Wildman–Crippen LogP) is 3.11. The van der Waals surface area contributed by atoms with E-state index in [2.05, 4.69) is 9.97 Å². The van der Waals surface area contributed by atoms with E-state index in [0.717, 1.165) is 36.2 Å². The van der Waals surface area contributed by atoms with Crippen molar-refractivity contribution in [2.75, 3.05) is 0 Å². The van der Waals surface area contributed by atoms with E-state index in [4.69, 9.17) is 5.73 Å². The minimum atomic E-state index is -4.46. The molecule has 2 N–H and O–H groups in total. The summed E-state index contributed by atoms with van der Waals surface area (Å²) in [4.78, 5) is 7.57. The van der Waals surface area contributed by atoms with Crippen molar-refractivity contribution in [2.45, 2.75) is 25.1 Å². The SMILES string of the molecule is NC1CCc2cnc(-c3ccnc(C(F)(F)F)c3)cc21. The standard InChI is InChI=1S/C14H12F3N3/c15-14(16,17)13-5-8(3-4-19-13)12-6-10-9(7-20-12)1-2-11(10)18/h3-7,11H,1-2,18H2. The van der Waals surface area contributed by atoms with Crippen LogP contribution in [0.3, 0.4) is 0 Å². The van der Waals surface area contributed by atoms with Crippen molar-refractivity contribution in [1.29, 1.82) is 0 Å². The number of nitrogens with two attached hydrogens (primary N) is 1. The summed E-state index contributed by atoms with van der Waals surface area (Å²) in [5.41, 5.74) is 8.00. The van der Waals surface area contributed by atoms with Crippen LogP contribution in [-0.2, 0) is 12.6 Å². The zero-order valence-electron chi connectivity index (χ0n) is 10.5. The summed E-state index contributed by atoms with van der Waals surface area (Å²) in [5.74, 6) is 0. The van der Waals surface area contributed by atoms with Gasteiger partial charge in [0.25, 0.3) is 0 Å². The Kier molecular flexibility index (Phi) is 2.97. The molecule has 20 heavy (non-hydrogen) atoms. The molecule has 2 heterocycles. The molecule has 0 aliphatic heterocycles. The molecule has 1 aliphatic rings. The number of aromatic nitrogens is 2. The summed E-state index contributed by atoms with van der Waals surface area (Å²) in [5, 5.41) is 0. The molecule has 104 valence electrons. The van der Waals surface area contributed by atoms with Crippen LogP contribution in [0.15, 0.2) is 30.6 Å². The maximum atomic E-state index is 12.7. The first kappa shape index (κ1) is 13.1. The molecule has 6 heteroatoms. The van der Waals surface area contributed by atoms with Crippen LogP contribution in [0, 0.1) is 0 Å². The molecule has 0 aromatic carbocycles. The fourth-order valence-corrected chi connectivity index (χ4v) is 2.42. The number of rotatable bonds is 1. The van der Waals surface area contributed by atoms with Gasteiger partial charge >= 0.3 is 6.18 Å². The summed E-state index contributed by atoms with van der Waals surface area (Å²) in [6, 6.07) is 4.25. The van der Waals surface area contributed by atoms with Gasteiger partial charge in [0.2, 0.25) is 0 Å². The number of nitrogens with zero attached hydrogens (tertiary/aromatic N) is 2. The third-order valence-electron chi connectivity index (χ3n) is 3.49. The van der Waals surface area contributed by atoms with Crippen LogP contribution in [0.25, 0.3) is 11.3 Å². The third kappa shape index (κ3) is 2.27. The average molecular weight is 279 g/mol. The molecule has 0 saturated carbocycles. The second-order valence-electron chi connectivity index (χ2n) is 4.84. The van der Waals surface area contributed by atoms with Gasteiger partial charge in [-0.1, -0.05) is 0 Å². The Morgan fingerprint density at radius 1 is 1.20 bits per heavy atom. The molecule has 0 bridgehead atoms. The zero-order chi connectivity index (χ0) is 14.3. The number of halogens is 3. The fraction of sp³-hybridized carbons (Fsp3) is 0.286. The number of pyridine rings is 2. The van der Waals surface area contributed by atoms with E-state index in [1.54, 1.807) is 12.3 Å². The van der Waals surface area contributed by atoms with Crippen LogP contribution in [0.1, 0.15) is 29.3 Å². The van der Waals surface area contributed by atoms with E-state index >= 15 is 0 Å². The lowest BCUT2D eigenvalue weighted by Crippen LogP contribution is -2.08. The number of fused-ring (bicyclic) bond motifs is 1. The maximum absolute atomic E-state index is 12.7. The molecule has 1 aliphatic carbocycles. The molecule has 0 amide bonds. The van der Waals surface area contributed by atoms with Gasteiger partial charge in [-0.15, -0.1) is 0 Å². The topological polar surface area (TPSA) is 51.8 Å². The molecule has 0 spiro atoms. The number of aryl methyl sites for hydroxylation is 1. The summed E-state index contributed by atoms with van der Waals surface area (Å²) in [6.45, 7) is 0. The summed E-state index contributed by atoms with van der Waals surface area (Å²) >= 11 is 0. The van der Waals surface area contributed by atoms with Crippen molar-refractivity contribution < 1.29 is 13.2 Å². The Morgan fingerprint density at radius 3 is 2.75 bits per heavy atom. The van der Waals surface area contributed by atoms with Crippen LogP contribution < -0.4 is 5.73 Å². The van der Waals surface area contributed by atoms with E-state index in [1.165, 1.54) is 6.07 Å². The Bertz CT molecular complexity index is 652. The van der Waals surface area contributed by atoms with Crippen LogP contribution in [0.2, 0.25) is 0 Å². The van der Waals surface area contributed by atoms with E-state index in [9.17, 15) is 13.2 Å². The predicted molar refractivity (Wildman–Crippen MR) is 67.7 cm³/mol. The van der Waals surface area contributed by atoms with Gasteiger partial charge in [-0.3, -0.25) is 9.97 Å². The highest BCUT2D eigenvalue weighted by Gasteiger charge is 2.32. The highest BCUT2D eigenvalue weighted by atomic mass is 19.4. The highest BCUT2D eigenvalue weighted by molar-refractivity contribution is 5.61. The van der Waals surface area contributed by atoms with Crippen LogP contribution >= 0.6 is 0 Å². The second kappa shape index (κ2) is 4.56. The van der Waals surface area contributed by atoms with Crippen molar-refractivity contribution in [3.63, 3.8) is 0 Å². The molecule has 0 radical (unpaired) electrons. The van der Waals surface area contributed by atoms with Gasteiger partial charge in [-0.25, -0.2) is 0 Å². The van der Waals surface area contributed by atoms with Gasteiger partial charge in [0.15, 0.2) is 0 Å². The molecular weight excluding hydrogens is 267 g/mol. The third-order valence-corrected chi connectivity index (χ3v) is 3.49. The fourth-order valence-electron chi connectivity index (χ4n) is 2.42. The number of hydrogen-bond acceptors (Lipinski definition) is 3. The lowest BCUT2D eigenvalue weighted by molar-refractivity contribution is -0.141. The van der Waals surface area contributed by atoms with Gasteiger partial charge in [0, 0.05) is 24.0 Å². The van der Waals surface area contributed by atoms with Crippen molar-refractivity contribution in [1.82, 2.24) is 9.97 Å². The van der Waals surface area contributed by atoms with Crippen molar-refractivity contribution in [3.05, 3.63) is 47.4 Å². The van der Waals surface area contributed by atoms with E-state index < -0.39 is 11.9 Å². The Hall–Kier alpha value is -1.95. The molecule has 2 aromatic rings. The molecule has 1 atom stereocenters. The van der Waals surface area contributed by atoms with Gasteiger partial charge in [-0.2, -0.15) is 13.2 Å². The molecule has 3 rings (SSSR count). The quantitative estimate of drug-likeness (QED) is 0.872. The van der Waals surface area contributed by atoms with Gasteiger partial charge < -0.3 is 5.73 Å². The monoisotopic (exact) mass is 279 g/mol. The Balaban J connectivity index is 2.04. The lowest BCUT2D eigenvalue weighted by atomic mass is 10.1. The minimum Gasteiger partial charge on any atom is -0.324 e.